The Balaban J connectivity index is 2.31. The van der Waals surface area contributed by atoms with Crippen molar-refractivity contribution in [3.63, 3.8) is 0 Å². The summed E-state index contributed by atoms with van der Waals surface area (Å²) >= 11 is 3.30. The molecule has 0 spiro atoms. The van der Waals surface area contributed by atoms with Crippen molar-refractivity contribution in [1.82, 2.24) is 0 Å². The van der Waals surface area contributed by atoms with Crippen molar-refractivity contribution >= 4 is 21.6 Å². The van der Waals surface area contributed by atoms with E-state index in [2.05, 4.69) is 15.9 Å². The summed E-state index contributed by atoms with van der Waals surface area (Å²) in [5.74, 6) is 0.152. The van der Waals surface area contributed by atoms with Crippen molar-refractivity contribution < 1.29 is 17.9 Å². The first-order valence-corrected chi connectivity index (χ1v) is 6.61. The molecular weight excluding hydrogens is 323 g/mol. The molecule has 6 heteroatoms. The van der Waals surface area contributed by atoms with Crippen LogP contribution in [0.15, 0.2) is 28.8 Å². The Bertz CT molecular complexity index is 499. The van der Waals surface area contributed by atoms with Crippen LogP contribution >= 0.6 is 15.9 Å². The van der Waals surface area contributed by atoms with Crippen LogP contribution < -0.4 is 10.5 Å². The maximum absolute atomic E-state index is 12.4. The number of halogens is 4. The second-order valence-corrected chi connectivity index (χ2v) is 5.33. The lowest BCUT2D eigenvalue weighted by Gasteiger charge is -2.18. The average molecular weight is 336 g/mol. The molecule has 1 aromatic carbocycles. The van der Waals surface area contributed by atoms with Gasteiger partial charge in [0.15, 0.2) is 0 Å². The molecule has 0 unspecified atom stereocenters. The number of anilines is 1. The van der Waals surface area contributed by atoms with Crippen LogP contribution in [-0.4, -0.2) is 12.8 Å². The van der Waals surface area contributed by atoms with Gasteiger partial charge in [-0.2, -0.15) is 13.2 Å². The number of hydrogen-bond donors (Lipinski definition) is 1. The molecule has 19 heavy (non-hydrogen) atoms. The second kappa shape index (κ2) is 5.45. The lowest BCUT2D eigenvalue weighted by molar-refractivity contribution is -0.135. The van der Waals surface area contributed by atoms with Gasteiger partial charge >= 0.3 is 6.18 Å². The van der Waals surface area contributed by atoms with E-state index in [4.69, 9.17) is 10.5 Å². The summed E-state index contributed by atoms with van der Waals surface area (Å²) in [7, 11) is 0. The molecule has 2 nitrogen and oxygen atoms in total. The molecular formula is C13H13BrF3NO. The van der Waals surface area contributed by atoms with Crippen LogP contribution in [-0.2, 0) is 0 Å². The molecule has 0 radical (unpaired) electrons. The zero-order valence-electron chi connectivity index (χ0n) is 10.0. The summed E-state index contributed by atoms with van der Waals surface area (Å²) in [5.41, 5.74) is 6.99. The average Bonchev–Trinajstić information content (AvgIpc) is 2.48. The Kier molecular flexibility index (Phi) is 4.08. The first kappa shape index (κ1) is 14.2. The highest BCUT2D eigenvalue weighted by atomic mass is 79.9. The van der Waals surface area contributed by atoms with Gasteiger partial charge in [0.1, 0.15) is 12.4 Å². The molecule has 0 amide bonds. The number of hydrogen-bond acceptors (Lipinski definition) is 2. The molecule has 0 aromatic heterocycles. The first-order valence-electron chi connectivity index (χ1n) is 5.82. The Morgan fingerprint density at radius 1 is 1.37 bits per heavy atom. The molecule has 0 bridgehead atoms. The van der Waals surface area contributed by atoms with E-state index in [1.54, 1.807) is 24.3 Å². The van der Waals surface area contributed by atoms with Crippen LogP contribution in [0.4, 0.5) is 18.9 Å². The third kappa shape index (κ3) is 3.65. The van der Waals surface area contributed by atoms with Gasteiger partial charge in [-0.25, -0.2) is 0 Å². The van der Waals surface area contributed by atoms with Gasteiger partial charge in [0.2, 0.25) is 0 Å². The first-order chi connectivity index (χ1) is 8.87. The Morgan fingerprint density at radius 2 is 2.11 bits per heavy atom. The van der Waals surface area contributed by atoms with Crippen molar-refractivity contribution in [2.24, 2.45) is 0 Å². The summed E-state index contributed by atoms with van der Waals surface area (Å²) in [6, 6.07) is 3.45. The number of fused-ring (bicyclic) bond motifs is 1. The Morgan fingerprint density at radius 3 is 2.79 bits per heavy atom. The standard InChI is InChI=1S/C13H13BrF3NO/c14-9-6-10-8(3-4-13(15,16)17)2-1-5-19-12(10)11(18)7-9/h1-2,6-8H,3-5,18H2/t8-/m0/s1. The SMILES string of the molecule is Nc1cc(Br)cc2c1OCC=C[C@H]2CCC(F)(F)F. The Labute approximate surface area is 117 Å². The molecule has 1 aliphatic heterocycles. The smallest absolute Gasteiger partial charge is 0.389 e. The third-order valence-corrected chi connectivity index (χ3v) is 3.40. The van der Waals surface area contributed by atoms with Gasteiger partial charge in [-0.15, -0.1) is 0 Å². The van der Waals surface area contributed by atoms with Crippen LogP contribution in [0.5, 0.6) is 5.75 Å². The van der Waals surface area contributed by atoms with Crippen LogP contribution in [0.3, 0.4) is 0 Å². The molecule has 0 fully saturated rings. The highest BCUT2D eigenvalue weighted by Crippen LogP contribution is 2.40. The zero-order chi connectivity index (χ0) is 14.0. The molecule has 1 aliphatic rings. The maximum atomic E-state index is 12.4. The predicted octanol–water partition coefficient (Wildman–Crippen LogP) is 4.41. The highest BCUT2D eigenvalue weighted by Gasteiger charge is 2.29. The lowest BCUT2D eigenvalue weighted by Crippen LogP contribution is -2.10. The van der Waals surface area contributed by atoms with E-state index in [1.165, 1.54) is 0 Å². The fraction of sp³-hybridized carbons (Fsp3) is 0.385. The van der Waals surface area contributed by atoms with Crippen molar-refractivity contribution in [2.45, 2.75) is 24.9 Å². The molecule has 0 aliphatic carbocycles. The fourth-order valence-electron chi connectivity index (χ4n) is 2.10. The number of ether oxygens (including phenoxy) is 1. The summed E-state index contributed by atoms with van der Waals surface area (Å²) in [6.07, 6.45) is -1.50. The molecule has 1 atom stereocenters. The van der Waals surface area contributed by atoms with Gasteiger partial charge in [0, 0.05) is 22.4 Å². The van der Waals surface area contributed by atoms with Gasteiger partial charge in [0.25, 0.3) is 0 Å². The van der Waals surface area contributed by atoms with Crippen molar-refractivity contribution in [3.8, 4) is 5.75 Å². The summed E-state index contributed by atoms with van der Waals surface area (Å²) in [6.45, 7) is 0.321. The molecule has 0 saturated carbocycles. The van der Waals surface area contributed by atoms with E-state index in [0.717, 1.165) is 4.47 Å². The number of alkyl halides is 3. The summed E-state index contributed by atoms with van der Waals surface area (Å²) < 4.78 is 43.3. The number of nitrogen functional groups attached to an aromatic ring is 1. The lowest BCUT2D eigenvalue weighted by atomic mass is 9.92. The van der Waals surface area contributed by atoms with Gasteiger partial charge in [0.05, 0.1) is 5.69 Å². The minimum atomic E-state index is -4.15. The highest BCUT2D eigenvalue weighted by molar-refractivity contribution is 9.10. The van der Waals surface area contributed by atoms with E-state index >= 15 is 0 Å². The largest absolute Gasteiger partial charge is 0.487 e. The van der Waals surface area contributed by atoms with Crippen molar-refractivity contribution in [1.29, 1.82) is 0 Å². The van der Waals surface area contributed by atoms with Crippen LogP contribution in [0.25, 0.3) is 0 Å². The minimum Gasteiger partial charge on any atom is -0.487 e. The van der Waals surface area contributed by atoms with Gasteiger partial charge < -0.3 is 10.5 Å². The minimum absolute atomic E-state index is 0.00769. The van der Waals surface area contributed by atoms with Crippen LogP contribution in [0, 0.1) is 0 Å². The third-order valence-electron chi connectivity index (χ3n) is 2.94. The van der Waals surface area contributed by atoms with E-state index in [9.17, 15) is 13.2 Å². The van der Waals surface area contributed by atoms with Crippen LogP contribution in [0.1, 0.15) is 24.3 Å². The predicted molar refractivity (Wildman–Crippen MR) is 71.2 cm³/mol. The Hall–Kier alpha value is -1.17. The molecule has 1 heterocycles. The van der Waals surface area contributed by atoms with Crippen LogP contribution in [0.2, 0.25) is 0 Å². The van der Waals surface area contributed by atoms with Gasteiger partial charge in [-0.1, -0.05) is 28.1 Å². The molecule has 2 rings (SSSR count). The number of rotatable bonds is 2. The topological polar surface area (TPSA) is 35.2 Å². The molecule has 0 saturated heterocycles. The normalized spacial score (nSPS) is 18.6. The van der Waals surface area contributed by atoms with Gasteiger partial charge in [-0.3, -0.25) is 0 Å². The van der Waals surface area contributed by atoms with E-state index in [-0.39, 0.29) is 12.3 Å². The van der Waals surface area contributed by atoms with Crippen molar-refractivity contribution in [3.05, 3.63) is 34.3 Å². The summed E-state index contributed by atoms with van der Waals surface area (Å²) in [5, 5.41) is 0. The van der Waals surface area contributed by atoms with E-state index < -0.39 is 12.6 Å². The fourth-order valence-corrected chi connectivity index (χ4v) is 2.60. The number of benzene rings is 1. The quantitative estimate of drug-likeness (QED) is 0.642. The summed E-state index contributed by atoms with van der Waals surface area (Å²) in [4.78, 5) is 0. The van der Waals surface area contributed by atoms with E-state index in [1.807, 2.05) is 0 Å². The van der Waals surface area contributed by atoms with Crippen molar-refractivity contribution in [2.75, 3.05) is 12.3 Å². The molecule has 1 aromatic rings. The molecule has 104 valence electrons. The zero-order valence-corrected chi connectivity index (χ0v) is 11.6. The number of allylic oxidation sites excluding steroid dienone is 1. The molecule has 2 N–H and O–H groups in total. The number of nitrogens with two attached hydrogens (primary N) is 1. The van der Waals surface area contributed by atoms with Gasteiger partial charge in [-0.05, 0) is 18.6 Å². The second-order valence-electron chi connectivity index (χ2n) is 4.41. The maximum Gasteiger partial charge on any atom is 0.389 e. The van der Waals surface area contributed by atoms with E-state index in [0.29, 0.717) is 23.6 Å². The monoisotopic (exact) mass is 335 g/mol.